The van der Waals surface area contributed by atoms with Gasteiger partial charge in [0.25, 0.3) is 5.91 Å². The van der Waals surface area contributed by atoms with Crippen LogP contribution in [0.25, 0.3) is 0 Å². The van der Waals surface area contributed by atoms with Gasteiger partial charge in [0.15, 0.2) is 0 Å². The number of aliphatic carboxylic acids is 1. The van der Waals surface area contributed by atoms with Gasteiger partial charge >= 0.3 is 5.97 Å². The fourth-order valence-corrected chi connectivity index (χ4v) is 4.80. The number of fused-ring (bicyclic) bond motifs is 2. The molecular weight excluding hydrogens is 476 g/mol. The van der Waals surface area contributed by atoms with Gasteiger partial charge in [-0.3, -0.25) is 14.9 Å². The van der Waals surface area contributed by atoms with Crippen molar-refractivity contribution >= 4 is 29.4 Å². The third-order valence-electron chi connectivity index (χ3n) is 6.75. The maximum Gasteiger partial charge on any atom is 0.327 e. The highest BCUT2D eigenvalue weighted by atomic mass is 16.5. The van der Waals surface area contributed by atoms with E-state index in [9.17, 15) is 19.6 Å². The van der Waals surface area contributed by atoms with Gasteiger partial charge in [-0.15, -0.1) is 0 Å². The van der Waals surface area contributed by atoms with Crippen LogP contribution in [0.4, 0.5) is 11.6 Å². The molecule has 0 unspecified atom stereocenters. The molecular formula is C27H22N4O6. The van der Waals surface area contributed by atoms with Crippen LogP contribution in [0.1, 0.15) is 39.9 Å². The number of nitrogens with zero attached hydrogens (tertiary/aromatic N) is 2. The number of carbonyl (C=O) groups is 3. The number of rotatable bonds is 7. The van der Waals surface area contributed by atoms with E-state index in [1.165, 1.54) is 18.3 Å². The first kappa shape index (κ1) is 23.8. The van der Waals surface area contributed by atoms with Gasteiger partial charge in [0, 0.05) is 40.3 Å². The zero-order chi connectivity index (χ0) is 26.0. The Kier molecular flexibility index (Phi) is 6.19. The Hall–Kier alpha value is -4.91. The number of allylic oxidation sites excluding steroid dienone is 1. The van der Waals surface area contributed by atoms with Crippen molar-refractivity contribution in [3.63, 3.8) is 0 Å². The molecule has 37 heavy (non-hydrogen) atoms. The van der Waals surface area contributed by atoms with Crippen LogP contribution in [-0.4, -0.2) is 34.7 Å². The van der Waals surface area contributed by atoms with Crippen LogP contribution in [0.5, 0.6) is 5.75 Å². The molecule has 2 aliphatic rings. The summed E-state index contributed by atoms with van der Waals surface area (Å²) in [5, 5.41) is 27.3. The monoisotopic (exact) mass is 498 g/mol. The maximum atomic E-state index is 13.4. The number of anilines is 2. The topological polar surface area (TPSA) is 155 Å². The summed E-state index contributed by atoms with van der Waals surface area (Å²) in [5.41, 5.74) is 2.29. The first-order valence-corrected chi connectivity index (χ1v) is 11.6. The van der Waals surface area contributed by atoms with Crippen LogP contribution in [0.3, 0.4) is 0 Å². The molecule has 10 heteroatoms. The highest BCUT2D eigenvalue weighted by molar-refractivity contribution is 6.04. The first-order valence-electron chi connectivity index (χ1n) is 11.6. The molecule has 3 aromatic rings. The summed E-state index contributed by atoms with van der Waals surface area (Å²) in [6.45, 7) is 0.454. The fourth-order valence-electron chi connectivity index (χ4n) is 4.80. The van der Waals surface area contributed by atoms with Crippen molar-refractivity contribution in [2.24, 2.45) is 5.92 Å². The molecule has 0 radical (unpaired) electrons. The summed E-state index contributed by atoms with van der Waals surface area (Å²) in [6, 6.07) is 13.7. The predicted molar refractivity (Wildman–Crippen MR) is 131 cm³/mol. The zero-order valence-corrected chi connectivity index (χ0v) is 19.6. The van der Waals surface area contributed by atoms with E-state index in [0.29, 0.717) is 47.6 Å². The van der Waals surface area contributed by atoms with Crippen molar-refractivity contribution in [1.29, 1.82) is 5.26 Å². The zero-order valence-electron chi connectivity index (χ0n) is 19.6. The molecule has 5 rings (SSSR count). The Bertz CT molecular complexity index is 1460. The van der Waals surface area contributed by atoms with Crippen molar-refractivity contribution in [2.45, 2.75) is 24.7 Å². The maximum absolute atomic E-state index is 13.4. The number of hydrogen-bond donors (Lipinski definition) is 3. The van der Waals surface area contributed by atoms with E-state index in [0.717, 1.165) is 11.6 Å². The standard InChI is InChI=1S/C27H22N4O6/c28-15-16-4-5-17(2-1-3-24(32)33)21(12-16)30-26(35)20-14-27(20)9-11-36-22-7-6-18(13-19(22)27)25(34)31-23-8-10-29-37-23/h1,3-8,10,12-13,20H,2,9,11,14H2,(H,30,35)(H,31,34)(H,32,33)/t20-,27-/m0/s1. The number of nitriles is 1. The minimum absolute atomic E-state index is 0.206. The predicted octanol–water partition coefficient (Wildman–Crippen LogP) is 3.66. The van der Waals surface area contributed by atoms with Crippen molar-refractivity contribution in [2.75, 3.05) is 17.2 Å². The molecule has 0 bridgehead atoms. The third kappa shape index (κ3) is 4.79. The number of amides is 2. The van der Waals surface area contributed by atoms with Gasteiger partial charge < -0.3 is 19.7 Å². The van der Waals surface area contributed by atoms with Crippen LogP contribution in [0.2, 0.25) is 0 Å². The SMILES string of the molecule is N#Cc1ccc(CC=CC(=O)O)c(NC(=O)[C@@H]2C[C@]23CCOc2ccc(C(=O)Nc4ccno4)cc23)c1. The molecule has 186 valence electrons. The lowest BCUT2D eigenvalue weighted by molar-refractivity contribution is -0.131. The molecule has 1 spiro atoms. The van der Waals surface area contributed by atoms with Gasteiger partial charge in [0.1, 0.15) is 5.75 Å². The largest absolute Gasteiger partial charge is 0.493 e. The average molecular weight is 498 g/mol. The fraction of sp³-hybridized carbons (Fsp3) is 0.222. The highest BCUT2D eigenvalue weighted by Gasteiger charge is 2.61. The Morgan fingerprint density at radius 2 is 2.05 bits per heavy atom. The van der Waals surface area contributed by atoms with Gasteiger partial charge in [-0.1, -0.05) is 17.3 Å². The number of carbonyl (C=O) groups excluding carboxylic acids is 2. The lowest BCUT2D eigenvalue weighted by Crippen LogP contribution is -2.27. The van der Waals surface area contributed by atoms with Gasteiger partial charge in [0.05, 0.1) is 24.4 Å². The minimum Gasteiger partial charge on any atom is -0.493 e. The second-order valence-corrected chi connectivity index (χ2v) is 8.97. The molecule has 2 atom stereocenters. The molecule has 1 aliphatic carbocycles. The smallest absolute Gasteiger partial charge is 0.327 e. The summed E-state index contributed by atoms with van der Waals surface area (Å²) in [5.74, 6) is -1.12. The molecule has 0 saturated heterocycles. The van der Waals surface area contributed by atoms with E-state index in [4.69, 9.17) is 14.4 Å². The Morgan fingerprint density at radius 3 is 2.81 bits per heavy atom. The Morgan fingerprint density at radius 1 is 1.19 bits per heavy atom. The first-order chi connectivity index (χ1) is 17.9. The lowest BCUT2D eigenvalue weighted by atomic mass is 9.86. The van der Waals surface area contributed by atoms with Crippen molar-refractivity contribution < 1.29 is 28.8 Å². The number of hydrogen-bond acceptors (Lipinski definition) is 7. The van der Waals surface area contributed by atoms with E-state index in [-0.39, 0.29) is 30.0 Å². The third-order valence-corrected chi connectivity index (χ3v) is 6.75. The van der Waals surface area contributed by atoms with E-state index in [1.807, 2.05) is 0 Å². The van der Waals surface area contributed by atoms with E-state index < -0.39 is 11.4 Å². The van der Waals surface area contributed by atoms with Crippen LogP contribution in [0.15, 0.2) is 65.3 Å². The van der Waals surface area contributed by atoms with Gasteiger partial charge in [-0.25, -0.2) is 4.79 Å². The summed E-state index contributed by atoms with van der Waals surface area (Å²) >= 11 is 0. The normalized spacial score (nSPS) is 19.5. The van der Waals surface area contributed by atoms with Gasteiger partial charge in [-0.2, -0.15) is 5.26 Å². The van der Waals surface area contributed by atoms with Crippen molar-refractivity contribution in [3.05, 3.63) is 83.1 Å². The molecule has 1 aromatic heterocycles. The molecule has 3 N–H and O–H groups in total. The lowest BCUT2D eigenvalue weighted by Gasteiger charge is -2.27. The van der Waals surface area contributed by atoms with Crippen LogP contribution >= 0.6 is 0 Å². The minimum atomic E-state index is -1.06. The molecule has 10 nitrogen and oxygen atoms in total. The summed E-state index contributed by atoms with van der Waals surface area (Å²) in [7, 11) is 0. The van der Waals surface area contributed by atoms with Gasteiger partial charge in [-0.05, 0) is 55.2 Å². The number of ether oxygens (including phenoxy) is 1. The van der Waals surface area contributed by atoms with Crippen LogP contribution in [0, 0.1) is 17.2 Å². The number of benzene rings is 2. The molecule has 2 heterocycles. The number of aromatic nitrogens is 1. The number of carboxylic acid groups (broad SMARTS) is 1. The van der Waals surface area contributed by atoms with Crippen LogP contribution in [-0.2, 0) is 21.4 Å². The summed E-state index contributed by atoms with van der Waals surface area (Å²) < 4.78 is 10.8. The molecule has 1 saturated carbocycles. The van der Waals surface area contributed by atoms with Gasteiger partial charge in [0.2, 0.25) is 11.8 Å². The second-order valence-electron chi connectivity index (χ2n) is 8.97. The van der Waals surface area contributed by atoms with E-state index >= 15 is 0 Å². The summed E-state index contributed by atoms with van der Waals surface area (Å²) in [6.07, 6.45) is 5.45. The van der Waals surface area contributed by atoms with Crippen LogP contribution < -0.4 is 15.4 Å². The van der Waals surface area contributed by atoms with Crippen molar-refractivity contribution in [1.82, 2.24) is 5.16 Å². The molecule has 2 aromatic carbocycles. The number of nitrogens with one attached hydrogen (secondary N) is 2. The Balaban J connectivity index is 1.37. The van der Waals surface area contributed by atoms with E-state index in [2.05, 4.69) is 21.9 Å². The molecule has 1 fully saturated rings. The average Bonchev–Trinajstić information content (AvgIpc) is 3.37. The summed E-state index contributed by atoms with van der Waals surface area (Å²) in [4.78, 5) is 36.9. The quantitative estimate of drug-likeness (QED) is 0.417. The molecule has 2 amide bonds. The number of carboxylic acids is 1. The molecule has 1 aliphatic heterocycles. The Labute approximate surface area is 211 Å². The second kappa shape index (κ2) is 9.62. The van der Waals surface area contributed by atoms with Crippen molar-refractivity contribution in [3.8, 4) is 11.8 Å². The highest BCUT2D eigenvalue weighted by Crippen LogP contribution is 2.61. The van der Waals surface area contributed by atoms with E-state index in [1.54, 1.807) is 36.4 Å².